The Hall–Kier alpha value is -2.83. The van der Waals surface area contributed by atoms with E-state index in [1.54, 1.807) is 6.20 Å². The largest absolute Gasteiger partial charge is 0.446 e. The van der Waals surface area contributed by atoms with Crippen LogP contribution in [-0.4, -0.2) is 17.2 Å². The van der Waals surface area contributed by atoms with Crippen molar-refractivity contribution >= 4 is 23.2 Å². The Morgan fingerprint density at radius 3 is 2.75 bits per heavy atom. The topological polar surface area (TPSA) is 89.3 Å². The van der Waals surface area contributed by atoms with Gasteiger partial charge < -0.3 is 15.8 Å². The molecule has 6 nitrogen and oxygen atoms in total. The Kier molecular flexibility index (Phi) is 4.50. The highest BCUT2D eigenvalue weighted by Gasteiger charge is 2.26. The smallest absolute Gasteiger partial charge is 0.411 e. The van der Waals surface area contributed by atoms with E-state index in [4.69, 9.17) is 10.5 Å². The van der Waals surface area contributed by atoms with Crippen LogP contribution in [0.3, 0.4) is 0 Å². The Bertz CT molecular complexity index is 745. The molecular formula is C17H19FN4O2. The number of amides is 1. The maximum Gasteiger partial charge on any atom is 0.411 e. The van der Waals surface area contributed by atoms with E-state index in [-0.39, 0.29) is 23.2 Å². The van der Waals surface area contributed by atoms with Gasteiger partial charge in [-0.2, -0.15) is 0 Å². The molecule has 0 saturated heterocycles. The number of nitrogen functional groups attached to an aromatic ring is 1. The van der Waals surface area contributed by atoms with Crippen LogP contribution in [0.4, 0.5) is 26.2 Å². The van der Waals surface area contributed by atoms with E-state index in [0.717, 1.165) is 24.1 Å². The van der Waals surface area contributed by atoms with E-state index < -0.39 is 11.9 Å². The van der Waals surface area contributed by atoms with Crippen molar-refractivity contribution in [2.75, 3.05) is 16.4 Å². The fraction of sp³-hybridized carbons (Fsp3) is 0.294. The first-order chi connectivity index (χ1) is 11.5. The Balaban J connectivity index is 1.65. The lowest BCUT2D eigenvalue weighted by atomic mass is 10.2. The number of nitrogens with two attached hydrogens (primary N) is 1. The lowest BCUT2D eigenvalue weighted by Crippen LogP contribution is -2.16. The van der Waals surface area contributed by atoms with Crippen LogP contribution in [0.1, 0.15) is 24.1 Å². The quantitative estimate of drug-likeness (QED) is 0.731. The molecule has 2 aromatic rings. The number of hydrogen-bond donors (Lipinski definition) is 3. The second-order valence-corrected chi connectivity index (χ2v) is 5.80. The van der Waals surface area contributed by atoms with Gasteiger partial charge in [0.2, 0.25) is 0 Å². The van der Waals surface area contributed by atoms with Gasteiger partial charge in [0.1, 0.15) is 6.10 Å². The number of nitrogens with one attached hydrogen (secondary N) is 2. The molecule has 1 fully saturated rings. The molecule has 0 radical (unpaired) electrons. The molecule has 1 saturated carbocycles. The van der Waals surface area contributed by atoms with Crippen molar-refractivity contribution in [3.8, 4) is 0 Å². The van der Waals surface area contributed by atoms with E-state index in [1.807, 2.05) is 19.1 Å². The molecule has 3 rings (SSSR count). The summed E-state index contributed by atoms with van der Waals surface area (Å²) < 4.78 is 19.4. The highest BCUT2D eigenvalue weighted by Crippen LogP contribution is 2.29. The fourth-order valence-corrected chi connectivity index (χ4v) is 2.10. The molecule has 0 unspecified atom stereocenters. The van der Waals surface area contributed by atoms with Gasteiger partial charge in [-0.15, -0.1) is 0 Å². The Labute approximate surface area is 139 Å². The number of benzene rings is 1. The number of carbonyl (C=O) groups is 1. The average molecular weight is 330 g/mol. The van der Waals surface area contributed by atoms with Crippen LogP contribution in [0.5, 0.6) is 0 Å². The third kappa shape index (κ3) is 3.92. The van der Waals surface area contributed by atoms with Crippen LogP contribution < -0.4 is 16.4 Å². The summed E-state index contributed by atoms with van der Waals surface area (Å²) in [5, 5.41) is 5.41. The number of pyridine rings is 1. The molecule has 4 N–H and O–H groups in total. The molecule has 1 amide bonds. The van der Waals surface area contributed by atoms with Gasteiger partial charge in [-0.1, -0.05) is 6.07 Å². The van der Waals surface area contributed by atoms with Crippen LogP contribution in [0.25, 0.3) is 0 Å². The second-order valence-electron chi connectivity index (χ2n) is 5.80. The zero-order valence-electron chi connectivity index (χ0n) is 13.3. The van der Waals surface area contributed by atoms with Gasteiger partial charge in [0, 0.05) is 6.20 Å². The highest BCUT2D eigenvalue weighted by atomic mass is 19.1. The minimum Gasteiger partial charge on any atom is -0.446 e. The van der Waals surface area contributed by atoms with E-state index in [9.17, 15) is 9.18 Å². The molecule has 0 spiro atoms. The molecule has 1 aromatic carbocycles. The summed E-state index contributed by atoms with van der Waals surface area (Å²) in [5.41, 5.74) is 7.91. The minimum atomic E-state index is -0.619. The monoisotopic (exact) mass is 330 g/mol. The van der Waals surface area contributed by atoms with E-state index in [0.29, 0.717) is 6.54 Å². The summed E-state index contributed by atoms with van der Waals surface area (Å²) in [6, 6.07) is 6.87. The predicted octanol–water partition coefficient (Wildman–Crippen LogP) is 3.43. The van der Waals surface area contributed by atoms with Crippen LogP contribution in [0.15, 0.2) is 30.5 Å². The molecule has 1 aliphatic carbocycles. The van der Waals surface area contributed by atoms with Crippen molar-refractivity contribution < 1.29 is 13.9 Å². The van der Waals surface area contributed by atoms with Crippen molar-refractivity contribution in [1.82, 2.24) is 4.98 Å². The number of anilines is 3. The molecule has 7 heteroatoms. The zero-order chi connectivity index (χ0) is 17.1. The molecule has 1 aromatic heterocycles. The van der Waals surface area contributed by atoms with Gasteiger partial charge in [0.15, 0.2) is 5.82 Å². The summed E-state index contributed by atoms with van der Waals surface area (Å²) in [6.45, 7) is 2.32. The summed E-state index contributed by atoms with van der Waals surface area (Å²) in [6.07, 6.45) is 2.84. The summed E-state index contributed by atoms with van der Waals surface area (Å²) in [4.78, 5) is 15.9. The van der Waals surface area contributed by atoms with Crippen LogP contribution >= 0.6 is 0 Å². The van der Waals surface area contributed by atoms with Crippen LogP contribution in [-0.2, 0) is 11.3 Å². The highest BCUT2D eigenvalue weighted by molar-refractivity contribution is 5.90. The van der Waals surface area contributed by atoms with E-state index in [1.165, 1.54) is 12.1 Å². The maximum atomic E-state index is 14.4. The van der Waals surface area contributed by atoms with E-state index >= 15 is 0 Å². The molecule has 1 heterocycles. The molecule has 0 atom stereocenters. The Morgan fingerprint density at radius 2 is 2.08 bits per heavy atom. The number of rotatable bonds is 5. The van der Waals surface area contributed by atoms with Gasteiger partial charge in [0.05, 0.1) is 29.3 Å². The predicted molar refractivity (Wildman–Crippen MR) is 90.2 cm³/mol. The lowest BCUT2D eigenvalue weighted by molar-refractivity contribution is 0.154. The second kappa shape index (κ2) is 6.74. The van der Waals surface area contributed by atoms with Crippen molar-refractivity contribution in [2.45, 2.75) is 32.4 Å². The van der Waals surface area contributed by atoms with Crippen molar-refractivity contribution in [2.24, 2.45) is 0 Å². The number of halogens is 1. The summed E-state index contributed by atoms with van der Waals surface area (Å²) >= 11 is 0. The first-order valence-corrected chi connectivity index (χ1v) is 7.74. The van der Waals surface area contributed by atoms with E-state index in [2.05, 4.69) is 15.6 Å². The number of hydrogen-bond acceptors (Lipinski definition) is 5. The molecule has 0 bridgehead atoms. The standard InChI is InChI=1S/C17H19FN4O2/c1-10-2-3-11(20-8-10)9-21-13-6-7-14(16(19)15(13)18)22-17(23)24-12-4-5-12/h2-3,6-8,12,21H,4-5,9,19H2,1H3,(H,22,23). The minimum absolute atomic E-state index is 0.0287. The van der Waals surface area contributed by atoms with Gasteiger partial charge in [0.25, 0.3) is 0 Å². The first kappa shape index (κ1) is 16.0. The molecule has 126 valence electrons. The molecular weight excluding hydrogens is 311 g/mol. The first-order valence-electron chi connectivity index (χ1n) is 7.74. The lowest BCUT2D eigenvalue weighted by Gasteiger charge is -2.13. The molecule has 0 aliphatic heterocycles. The van der Waals surface area contributed by atoms with Gasteiger partial charge in [-0.25, -0.2) is 9.18 Å². The SMILES string of the molecule is Cc1ccc(CNc2ccc(NC(=O)OC3CC3)c(N)c2F)nc1. The zero-order valence-corrected chi connectivity index (χ0v) is 13.3. The Morgan fingerprint density at radius 1 is 1.33 bits per heavy atom. The fourth-order valence-electron chi connectivity index (χ4n) is 2.10. The molecule has 24 heavy (non-hydrogen) atoms. The maximum absolute atomic E-state index is 14.4. The van der Waals surface area contributed by atoms with Gasteiger partial charge in [-0.05, 0) is 43.5 Å². The molecule has 1 aliphatic rings. The van der Waals surface area contributed by atoms with Crippen LogP contribution in [0, 0.1) is 12.7 Å². The number of ether oxygens (including phenoxy) is 1. The average Bonchev–Trinajstić information content (AvgIpc) is 3.36. The van der Waals surface area contributed by atoms with Crippen molar-refractivity contribution in [3.05, 3.63) is 47.5 Å². The number of aryl methyl sites for hydroxylation is 1. The number of carbonyl (C=O) groups excluding carboxylic acids is 1. The summed E-state index contributed by atoms with van der Waals surface area (Å²) in [5.74, 6) is -0.619. The van der Waals surface area contributed by atoms with Crippen molar-refractivity contribution in [3.63, 3.8) is 0 Å². The van der Waals surface area contributed by atoms with Gasteiger partial charge in [-0.3, -0.25) is 10.3 Å². The third-order valence-corrected chi connectivity index (χ3v) is 3.65. The normalized spacial score (nSPS) is 13.4. The van der Waals surface area contributed by atoms with Crippen LogP contribution in [0.2, 0.25) is 0 Å². The summed E-state index contributed by atoms with van der Waals surface area (Å²) in [7, 11) is 0. The van der Waals surface area contributed by atoms with Gasteiger partial charge >= 0.3 is 6.09 Å². The number of nitrogens with zero attached hydrogens (tertiary/aromatic N) is 1. The van der Waals surface area contributed by atoms with Crippen molar-refractivity contribution in [1.29, 1.82) is 0 Å². The number of aromatic nitrogens is 1. The third-order valence-electron chi connectivity index (χ3n) is 3.65.